The van der Waals surface area contributed by atoms with Crippen molar-refractivity contribution in [1.82, 2.24) is 0 Å². The summed E-state index contributed by atoms with van der Waals surface area (Å²) in [6.45, 7) is 3.76. The summed E-state index contributed by atoms with van der Waals surface area (Å²) >= 11 is 6.10. The van der Waals surface area contributed by atoms with E-state index < -0.39 is 11.9 Å². The quantitative estimate of drug-likeness (QED) is 0.807. The van der Waals surface area contributed by atoms with E-state index in [1.165, 1.54) is 0 Å². The standard InChI is InChI=1S/C15H22ClNO2/c1-10(9-14(17)11(2)15(18)19)7-8-12-5-3-4-6-13(12)16/h3-6,10-11,14H,7-9,17H2,1-2H3,(H,18,19). The number of carboxylic acids is 1. The molecule has 4 heteroatoms. The lowest BCUT2D eigenvalue weighted by atomic mass is 9.90. The zero-order valence-electron chi connectivity index (χ0n) is 11.5. The van der Waals surface area contributed by atoms with Gasteiger partial charge in [0.2, 0.25) is 0 Å². The number of halogens is 1. The van der Waals surface area contributed by atoms with E-state index in [0.29, 0.717) is 5.92 Å². The SMILES string of the molecule is CC(CCc1ccccc1Cl)CC(N)C(C)C(=O)O. The average molecular weight is 284 g/mol. The predicted molar refractivity (Wildman–Crippen MR) is 78.3 cm³/mol. The Morgan fingerprint density at radius 3 is 2.58 bits per heavy atom. The summed E-state index contributed by atoms with van der Waals surface area (Å²) in [5, 5.41) is 9.70. The molecule has 0 aliphatic carbocycles. The molecule has 0 spiro atoms. The second-order valence-corrected chi connectivity index (χ2v) is 5.67. The number of benzene rings is 1. The Bertz CT molecular complexity index is 422. The van der Waals surface area contributed by atoms with E-state index in [1.54, 1.807) is 6.92 Å². The number of aryl methyl sites for hydroxylation is 1. The number of rotatable bonds is 7. The molecule has 0 fully saturated rings. The Morgan fingerprint density at radius 2 is 2.00 bits per heavy atom. The normalized spacial score (nSPS) is 15.8. The van der Waals surface area contributed by atoms with E-state index in [-0.39, 0.29) is 6.04 Å². The molecular formula is C15H22ClNO2. The fraction of sp³-hybridized carbons (Fsp3) is 0.533. The van der Waals surface area contributed by atoms with Crippen LogP contribution in [-0.2, 0) is 11.2 Å². The Morgan fingerprint density at radius 1 is 1.37 bits per heavy atom. The number of hydrogen-bond acceptors (Lipinski definition) is 2. The van der Waals surface area contributed by atoms with E-state index in [2.05, 4.69) is 6.92 Å². The van der Waals surface area contributed by atoms with Crippen molar-refractivity contribution >= 4 is 17.6 Å². The van der Waals surface area contributed by atoms with Gasteiger partial charge in [0.15, 0.2) is 0 Å². The van der Waals surface area contributed by atoms with Crippen LogP contribution in [0.5, 0.6) is 0 Å². The summed E-state index contributed by atoms with van der Waals surface area (Å²) in [7, 11) is 0. The molecule has 1 aromatic rings. The number of nitrogens with two attached hydrogens (primary N) is 1. The smallest absolute Gasteiger partial charge is 0.307 e. The van der Waals surface area contributed by atoms with Gasteiger partial charge >= 0.3 is 5.97 Å². The highest BCUT2D eigenvalue weighted by Gasteiger charge is 2.21. The van der Waals surface area contributed by atoms with Gasteiger partial charge in [0.05, 0.1) is 5.92 Å². The maximum Gasteiger partial charge on any atom is 0.307 e. The minimum Gasteiger partial charge on any atom is -0.481 e. The average Bonchev–Trinajstić information content (AvgIpc) is 2.36. The van der Waals surface area contributed by atoms with Gasteiger partial charge in [-0.05, 0) is 36.8 Å². The van der Waals surface area contributed by atoms with Gasteiger partial charge in [-0.2, -0.15) is 0 Å². The van der Waals surface area contributed by atoms with Crippen LogP contribution in [0.4, 0.5) is 0 Å². The van der Waals surface area contributed by atoms with Crippen molar-refractivity contribution in [2.24, 2.45) is 17.6 Å². The van der Waals surface area contributed by atoms with Crippen LogP contribution in [0.3, 0.4) is 0 Å². The fourth-order valence-corrected chi connectivity index (χ4v) is 2.30. The Kier molecular flexibility index (Phi) is 6.32. The topological polar surface area (TPSA) is 63.3 Å². The molecule has 106 valence electrons. The third kappa shape index (κ3) is 5.21. The molecule has 3 unspecified atom stereocenters. The summed E-state index contributed by atoms with van der Waals surface area (Å²) < 4.78 is 0. The molecule has 0 aliphatic rings. The van der Waals surface area contributed by atoms with Gasteiger partial charge in [-0.1, -0.05) is 43.6 Å². The van der Waals surface area contributed by atoms with E-state index in [1.807, 2.05) is 24.3 Å². The van der Waals surface area contributed by atoms with Crippen LogP contribution < -0.4 is 5.73 Å². The largest absolute Gasteiger partial charge is 0.481 e. The molecule has 3 atom stereocenters. The third-order valence-electron chi connectivity index (χ3n) is 3.57. The summed E-state index contributed by atoms with van der Waals surface area (Å²) in [6, 6.07) is 7.51. The van der Waals surface area contributed by atoms with Crippen LogP contribution in [0, 0.1) is 11.8 Å². The minimum absolute atomic E-state index is 0.293. The molecule has 3 N–H and O–H groups in total. The summed E-state index contributed by atoms with van der Waals surface area (Å²) in [5.74, 6) is -0.943. The molecule has 0 aliphatic heterocycles. The zero-order chi connectivity index (χ0) is 14.4. The molecule has 0 saturated carbocycles. The lowest BCUT2D eigenvalue weighted by molar-refractivity contribution is -0.141. The molecule has 3 nitrogen and oxygen atoms in total. The molecule has 0 amide bonds. The molecule has 1 rings (SSSR count). The highest BCUT2D eigenvalue weighted by atomic mass is 35.5. The highest BCUT2D eigenvalue weighted by molar-refractivity contribution is 6.31. The fourth-order valence-electron chi connectivity index (χ4n) is 2.07. The molecule has 0 saturated heterocycles. The van der Waals surface area contributed by atoms with Gasteiger partial charge in [-0.15, -0.1) is 0 Å². The second-order valence-electron chi connectivity index (χ2n) is 5.26. The maximum absolute atomic E-state index is 10.8. The first-order valence-electron chi connectivity index (χ1n) is 6.63. The number of aliphatic carboxylic acids is 1. The van der Waals surface area contributed by atoms with E-state index >= 15 is 0 Å². The first-order chi connectivity index (χ1) is 8.91. The van der Waals surface area contributed by atoms with Gasteiger partial charge in [0, 0.05) is 11.1 Å². The first kappa shape index (κ1) is 16.0. The molecule has 0 bridgehead atoms. The second kappa shape index (κ2) is 7.51. The lowest BCUT2D eigenvalue weighted by Gasteiger charge is -2.20. The van der Waals surface area contributed by atoms with Crippen molar-refractivity contribution < 1.29 is 9.90 Å². The highest BCUT2D eigenvalue weighted by Crippen LogP contribution is 2.21. The Balaban J connectivity index is 2.42. The number of carboxylic acid groups (broad SMARTS) is 1. The monoisotopic (exact) mass is 283 g/mol. The van der Waals surface area contributed by atoms with Gasteiger partial charge < -0.3 is 10.8 Å². The molecule has 0 aromatic heterocycles. The molecule has 0 heterocycles. The third-order valence-corrected chi connectivity index (χ3v) is 3.94. The van der Waals surface area contributed by atoms with Crippen molar-refractivity contribution in [3.05, 3.63) is 34.9 Å². The predicted octanol–water partition coefficient (Wildman–Crippen LogP) is 3.35. The molecule has 19 heavy (non-hydrogen) atoms. The van der Waals surface area contributed by atoms with Crippen LogP contribution in [0.2, 0.25) is 5.02 Å². The van der Waals surface area contributed by atoms with Crippen molar-refractivity contribution in [2.75, 3.05) is 0 Å². The van der Waals surface area contributed by atoms with Crippen LogP contribution in [0.25, 0.3) is 0 Å². The molecule has 0 radical (unpaired) electrons. The molecular weight excluding hydrogens is 262 g/mol. The van der Waals surface area contributed by atoms with Gasteiger partial charge in [-0.25, -0.2) is 0 Å². The summed E-state index contributed by atoms with van der Waals surface area (Å²) in [4.78, 5) is 10.8. The van der Waals surface area contributed by atoms with Crippen LogP contribution in [0.15, 0.2) is 24.3 Å². The van der Waals surface area contributed by atoms with Gasteiger partial charge in [0.25, 0.3) is 0 Å². The van der Waals surface area contributed by atoms with Crippen molar-refractivity contribution in [2.45, 2.75) is 39.2 Å². The van der Waals surface area contributed by atoms with Crippen LogP contribution in [0.1, 0.15) is 32.3 Å². The lowest BCUT2D eigenvalue weighted by Crippen LogP contribution is -2.35. The van der Waals surface area contributed by atoms with Crippen molar-refractivity contribution in [3.8, 4) is 0 Å². The molecule has 1 aromatic carbocycles. The Hall–Kier alpha value is -1.06. The maximum atomic E-state index is 10.8. The van der Waals surface area contributed by atoms with Crippen LogP contribution >= 0.6 is 11.6 Å². The summed E-state index contributed by atoms with van der Waals surface area (Å²) in [5.41, 5.74) is 7.05. The Labute approximate surface area is 119 Å². The van der Waals surface area contributed by atoms with E-state index in [0.717, 1.165) is 29.8 Å². The zero-order valence-corrected chi connectivity index (χ0v) is 12.2. The first-order valence-corrected chi connectivity index (χ1v) is 7.01. The van der Waals surface area contributed by atoms with Crippen molar-refractivity contribution in [3.63, 3.8) is 0 Å². The van der Waals surface area contributed by atoms with Crippen LogP contribution in [-0.4, -0.2) is 17.1 Å². The van der Waals surface area contributed by atoms with Gasteiger partial charge in [-0.3, -0.25) is 4.79 Å². The van der Waals surface area contributed by atoms with Crippen molar-refractivity contribution in [1.29, 1.82) is 0 Å². The number of hydrogen-bond donors (Lipinski definition) is 2. The number of carbonyl (C=O) groups is 1. The summed E-state index contributed by atoms with van der Waals surface area (Å²) in [6.07, 6.45) is 2.58. The van der Waals surface area contributed by atoms with E-state index in [9.17, 15) is 4.79 Å². The minimum atomic E-state index is -0.828. The van der Waals surface area contributed by atoms with Gasteiger partial charge in [0.1, 0.15) is 0 Å². The van der Waals surface area contributed by atoms with E-state index in [4.69, 9.17) is 22.4 Å².